The minimum Gasteiger partial charge on any atom is -0.388 e. The molecule has 19 heavy (non-hydrogen) atoms. The number of nitrogens with two attached hydrogens (primary N) is 1. The predicted molar refractivity (Wildman–Crippen MR) is 77.1 cm³/mol. The Morgan fingerprint density at radius 1 is 1.26 bits per heavy atom. The lowest BCUT2D eigenvalue weighted by Gasteiger charge is -2.09. The average molecular weight is 276 g/mol. The maximum Gasteiger partial charge on any atom is 0.228 e. The highest BCUT2D eigenvalue weighted by molar-refractivity contribution is 7.80. The van der Waals surface area contributed by atoms with Gasteiger partial charge in [0.2, 0.25) is 5.95 Å². The van der Waals surface area contributed by atoms with Gasteiger partial charge in [-0.2, -0.15) is 0 Å². The predicted octanol–water partition coefficient (Wildman–Crippen LogP) is 2.61. The fraction of sp³-hybridized carbons (Fsp3) is 0.154. The summed E-state index contributed by atoms with van der Waals surface area (Å²) in [6.45, 7) is 3.67. The Morgan fingerprint density at radius 3 is 2.68 bits per heavy atom. The lowest BCUT2D eigenvalue weighted by atomic mass is 10.2. The molecule has 3 N–H and O–H groups in total. The monoisotopic (exact) mass is 276 g/mol. The van der Waals surface area contributed by atoms with Gasteiger partial charge in [0.25, 0.3) is 0 Å². The molecule has 0 atom stereocenters. The molecule has 0 saturated carbocycles. The van der Waals surface area contributed by atoms with Gasteiger partial charge in [0.1, 0.15) is 16.5 Å². The lowest BCUT2D eigenvalue weighted by molar-refractivity contribution is 0.631. The van der Waals surface area contributed by atoms with Crippen LogP contribution >= 0.6 is 12.2 Å². The number of benzene rings is 1. The van der Waals surface area contributed by atoms with Crippen LogP contribution in [0.2, 0.25) is 0 Å². The van der Waals surface area contributed by atoms with Crippen molar-refractivity contribution in [1.82, 2.24) is 9.97 Å². The van der Waals surface area contributed by atoms with E-state index in [1.165, 1.54) is 6.07 Å². The minimum absolute atomic E-state index is 0.179. The van der Waals surface area contributed by atoms with Crippen molar-refractivity contribution in [3.63, 3.8) is 0 Å². The van der Waals surface area contributed by atoms with E-state index in [0.29, 0.717) is 17.1 Å². The molecule has 0 aliphatic heterocycles. The van der Waals surface area contributed by atoms with Crippen LogP contribution in [-0.2, 0) is 0 Å². The Labute approximate surface area is 115 Å². The van der Waals surface area contributed by atoms with Gasteiger partial charge >= 0.3 is 0 Å². The van der Waals surface area contributed by atoms with Crippen molar-refractivity contribution in [1.29, 1.82) is 0 Å². The first-order valence-corrected chi connectivity index (χ1v) is 6.05. The van der Waals surface area contributed by atoms with Crippen LogP contribution in [0.5, 0.6) is 0 Å². The molecule has 6 heteroatoms. The van der Waals surface area contributed by atoms with E-state index in [9.17, 15) is 4.39 Å². The largest absolute Gasteiger partial charge is 0.388 e. The maximum atomic E-state index is 13.6. The second kappa shape index (κ2) is 5.27. The van der Waals surface area contributed by atoms with Crippen LogP contribution in [0.15, 0.2) is 24.3 Å². The molecule has 2 aromatic rings. The highest BCUT2D eigenvalue weighted by atomic mass is 32.1. The van der Waals surface area contributed by atoms with Crippen molar-refractivity contribution in [3.05, 3.63) is 47.0 Å². The molecule has 1 aromatic heterocycles. The number of halogens is 1. The van der Waals surface area contributed by atoms with E-state index in [1.54, 1.807) is 25.1 Å². The molecular formula is C13H13FN4S. The molecule has 0 bridgehead atoms. The third kappa shape index (κ3) is 3.23. The van der Waals surface area contributed by atoms with Crippen LogP contribution in [0.4, 0.5) is 16.0 Å². The summed E-state index contributed by atoms with van der Waals surface area (Å²) in [6, 6.07) is 6.45. The summed E-state index contributed by atoms with van der Waals surface area (Å²) >= 11 is 4.88. The molecule has 0 aliphatic rings. The molecule has 1 heterocycles. The second-order valence-corrected chi connectivity index (χ2v) is 4.63. The van der Waals surface area contributed by atoms with Crippen LogP contribution in [0.25, 0.3) is 0 Å². The summed E-state index contributed by atoms with van der Waals surface area (Å²) in [7, 11) is 0. The summed E-state index contributed by atoms with van der Waals surface area (Å²) < 4.78 is 13.6. The van der Waals surface area contributed by atoms with Gasteiger partial charge in [0.15, 0.2) is 0 Å². The van der Waals surface area contributed by atoms with E-state index in [0.717, 1.165) is 5.56 Å². The van der Waals surface area contributed by atoms with Gasteiger partial charge in [-0.3, -0.25) is 0 Å². The normalized spacial score (nSPS) is 10.3. The van der Waals surface area contributed by atoms with Crippen molar-refractivity contribution in [3.8, 4) is 0 Å². The van der Waals surface area contributed by atoms with Gasteiger partial charge in [-0.1, -0.05) is 18.3 Å². The highest BCUT2D eigenvalue weighted by Gasteiger charge is 2.07. The molecule has 0 aliphatic carbocycles. The Hall–Kier alpha value is -2.08. The summed E-state index contributed by atoms with van der Waals surface area (Å²) in [5.41, 5.74) is 7.95. The molecule has 98 valence electrons. The van der Waals surface area contributed by atoms with E-state index < -0.39 is 0 Å². The second-order valence-electron chi connectivity index (χ2n) is 4.19. The SMILES string of the molecule is Cc1ccc(F)c(Nc2nc(C)cc(C(N)=S)n2)c1. The van der Waals surface area contributed by atoms with Gasteiger partial charge in [-0.05, 0) is 37.6 Å². The lowest BCUT2D eigenvalue weighted by Crippen LogP contribution is -2.14. The fourth-order valence-corrected chi connectivity index (χ4v) is 1.71. The molecule has 0 fully saturated rings. The average Bonchev–Trinajstić information content (AvgIpc) is 2.33. The van der Waals surface area contributed by atoms with Crippen molar-refractivity contribution in [2.75, 3.05) is 5.32 Å². The molecule has 0 saturated heterocycles. The number of aryl methyl sites for hydroxylation is 2. The zero-order valence-corrected chi connectivity index (χ0v) is 11.4. The van der Waals surface area contributed by atoms with Gasteiger partial charge in [0.05, 0.1) is 5.69 Å². The summed E-state index contributed by atoms with van der Waals surface area (Å²) in [6.07, 6.45) is 0. The summed E-state index contributed by atoms with van der Waals surface area (Å²) in [4.78, 5) is 8.50. The molecule has 0 amide bonds. The summed E-state index contributed by atoms with van der Waals surface area (Å²) in [5.74, 6) is -0.0973. The number of hydrogen-bond acceptors (Lipinski definition) is 4. The van der Waals surface area contributed by atoms with Crippen molar-refractivity contribution in [2.24, 2.45) is 5.73 Å². The Bertz CT molecular complexity index is 643. The smallest absolute Gasteiger partial charge is 0.228 e. The fourth-order valence-electron chi connectivity index (χ4n) is 1.61. The van der Waals surface area contributed by atoms with Crippen LogP contribution in [0.3, 0.4) is 0 Å². The third-order valence-electron chi connectivity index (χ3n) is 2.48. The van der Waals surface area contributed by atoms with E-state index in [2.05, 4.69) is 15.3 Å². The molecule has 0 unspecified atom stereocenters. The Morgan fingerprint density at radius 2 is 2.00 bits per heavy atom. The van der Waals surface area contributed by atoms with E-state index in [1.807, 2.05) is 6.92 Å². The molecule has 0 radical (unpaired) electrons. The van der Waals surface area contributed by atoms with Crippen molar-refractivity contribution < 1.29 is 4.39 Å². The number of nitrogens with zero attached hydrogens (tertiary/aromatic N) is 2. The number of anilines is 2. The Balaban J connectivity index is 2.38. The number of nitrogens with one attached hydrogen (secondary N) is 1. The van der Waals surface area contributed by atoms with Crippen LogP contribution in [-0.4, -0.2) is 15.0 Å². The van der Waals surface area contributed by atoms with Gasteiger partial charge < -0.3 is 11.1 Å². The molecule has 2 rings (SSSR count). The number of rotatable bonds is 3. The first-order chi connectivity index (χ1) is 8.95. The molecule has 1 aromatic carbocycles. The number of hydrogen-bond donors (Lipinski definition) is 2. The standard InChI is InChI=1S/C13H13FN4S/c1-7-3-4-9(14)10(5-7)17-13-16-8(2)6-11(18-13)12(15)19/h3-6H,1-2H3,(H2,15,19)(H,16,17,18). The zero-order valence-electron chi connectivity index (χ0n) is 10.6. The van der Waals surface area contributed by atoms with Crippen molar-refractivity contribution in [2.45, 2.75) is 13.8 Å². The van der Waals surface area contributed by atoms with E-state index >= 15 is 0 Å². The zero-order chi connectivity index (χ0) is 14.0. The van der Waals surface area contributed by atoms with Gasteiger partial charge in [-0.25, -0.2) is 14.4 Å². The first kappa shape index (κ1) is 13.4. The quantitative estimate of drug-likeness (QED) is 0.844. The van der Waals surface area contributed by atoms with E-state index in [-0.39, 0.29) is 16.8 Å². The maximum absolute atomic E-state index is 13.6. The number of aromatic nitrogens is 2. The Kier molecular flexibility index (Phi) is 3.71. The van der Waals surface area contributed by atoms with Crippen molar-refractivity contribution >= 4 is 28.8 Å². The molecule has 4 nitrogen and oxygen atoms in total. The number of thiocarbonyl (C=S) groups is 1. The van der Waals surface area contributed by atoms with Gasteiger partial charge in [0, 0.05) is 5.69 Å². The topological polar surface area (TPSA) is 63.8 Å². The molecular weight excluding hydrogens is 263 g/mol. The van der Waals surface area contributed by atoms with Gasteiger partial charge in [-0.15, -0.1) is 0 Å². The third-order valence-corrected chi connectivity index (χ3v) is 2.68. The molecule has 0 spiro atoms. The van der Waals surface area contributed by atoms with E-state index in [4.69, 9.17) is 18.0 Å². The van der Waals surface area contributed by atoms with Crippen LogP contribution in [0, 0.1) is 19.7 Å². The van der Waals surface area contributed by atoms with Crippen LogP contribution in [0.1, 0.15) is 17.0 Å². The highest BCUT2D eigenvalue weighted by Crippen LogP contribution is 2.19. The van der Waals surface area contributed by atoms with Crippen LogP contribution < -0.4 is 11.1 Å². The minimum atomic E-state index is -0.368. The summed E-state index contributed by atoms with van der Waals surface area (Å²) in [5, 5.41) is 2.84. The first-order valence-electron chi connectivity index (χ1n) is 5.64.